The Morgan fingerprint density at radius 3 is 2.73 bits per heavy atom. The summed E-state index contributed by atoms with van der Waals surface area (Å²) in [7, 11) is 1.56. The number of hydrogen-bond acceptors (Lipinski definition) is 10. The minimum absolute atomic E-state index is 0.250. The highest BCUT2D eigenvalue weighted by atomic mass is 32.2. The van der Waals surface area contributed by atoms with Crippen LogP contribution in [0.3, 0.4) is 0 Å². The van der Waals surface area contributed by atoms with Gasteiger partial charge in [0, 0.05) is 17.8 Å². The summed E-state index contributed by atoms with van der Waals surface area (Å²) in [6.07, 6.45) is 1.29. The molecule has 5 rings (SSSR count). The van der Waals surface area contributed by atoms with Crippen LogP contribution in [0.5, 0.6) is 5.75 Å². The van der Waals surface area contributed by atoms with E-state index in [-0.39, 0.29) is 22.8 Å². The van der Waals surface area contributed by atoms with Crippen molar-refractivity contribution in [3.8, 4) is 5.75 Å². The average molecular weight is 579 g/mol. The molecule has 4 heterocycles. The van der Waals surface area contributed by atoms with Gasteiger partial charge in [-0.25, -0.2) is 14.8 Å². The lowest BCUT2D eigenvalue weighted by atomic mass is 9.95. The number of carbonyl (C=O) groups excluding carboxylic acids is 1. The summed E-state index contributed by atoms with van der Waals surface area (Å²) in [5, 5.41) is 0.899. The first-order valence-corrected chi connectivity index (χ1v) is 14.0. The van der Waals surface area contributed by atoms with Gasteiger partial charge in [0.1, 0.15) is 11.5 Å². The number of benzene rings is 1. The van der Waals surface area contributed by atoms with Gasteiger partial charge in [0.15, 0.2) is 15.1 Å². The van der Waals surface area contributed by atoms with Crippen LogP contribution in [0.2, 0.25) is 0 Å². The predicted molar refractivity (Wildman–Crippen MR) is 150 cm³/mol. The van der Waals surface area contributed by atoms with E-state index in [0.29, 0.717) is 48.0 Å². The van der Waals surface area contributed by atoms with E-state index in [1.807, 2.05) is 12.1 Å². The van der Waals surface area contributed by atoms with Crippen molar-refractivity contribution in [1.29, 1.82) is 0 Å². The molecule has 0 saturated heterocycles. The van der Waals surface area contributed by atoms with Crippen LogP contribution in [0, 0.1) is 6.92 Å². The van der Waals surface area contributed by atoms with E-state index in [0.717, 1.165) is 0 Å². The van der Waals surface area contributed by atoms with E-state index < -0.39 is 12.0 Å². The SMILES string of the molecule is COc1cccc([C@@H]2C(C(=O)OC(C)C)=C(C)N=c3s/c(=C\c4ccc(Sc5nc(C)cc(=O)[nH]5)o4)c(=O)n32)c1. The van der Waals surface area contributed by atoms with Gasteiger partial charge >= 0.3 is 5.97 Å². The number of aryl methyl sites for hydroxylation is 1. The number of rotatable bonds is 7. The van der Waals surface area contributed by atoms with Crippen molar-refractivity contribution >= 4 is 35.1 Å². The van der Waals surface area contributed by atoms with Crippen LogP contribution in [-0.2, 0) is 9.53 Å². The topological polar surface area (TPSA) is 129 Å². The number of methoxy groups -OCH3 is 1. The van der Waals surface area contributed by atoms with Crippen LogP contribution in [0.4, 0.5) is 0 Å². The van der Waals surface area contributed by atoms with E-state index in [4.69, 9.17) is 13.9 Å². The molecule has 0 amide bonds. The molecule has 1 aliphatic rings. The number of aromatic amines is 1. The number of nitrogens with one attached hydrogen (secondary N) is 1. The Morgan fingerprint density at radius 1 is 1.20 bits per heavy atom. The Kier molecular flexibility index (Phi) is 7.63. The molecule has 0 aliphatic carbocycles. The summed E-state index contributed by atoms with van der Waals surface area (Å²) < 4.78 is 18.7. The molecule has 0 unspecified atom stereocenters. The number of carbonyl (C=O) groups is 1. The summed E-state index contributed by atoms with van der Waals surface area (Å²) in [6.45, 7) is 7.01. The summed E-state index contributed by atoms with van der Waals surface area (Å²) in [5.41, 5.74) is 1.47. The number of thiazole rings is 1. The smallest absolute Gasteiger partial charge is 0.338 e. The van der Waals surface area contributed by atoms with Crippen molar-refractivity contribution in [2.45, 2.75) is 50.1 Å². The molecule has 1 atom stereocenters. The summed E-state index contributed by atoms with van der Waals surface area (Å²) in [6, 6.07) is 11.4. The highest BCUT2D eigenvalue weighted by Crippen LogP contribution is 2.32. The highest BCUT2D eigenvalue weighted by molar-refractivity contribution is 7.99. The largest absolute Gasteiger partial charge is 0.497 e. The van der Waals surface area contributed by atoms with E-state index in [1.165, 1.54) is 33.7 Å². The molecule has 0 fully saturated rings. The van der Waals surface area contributed by atoms with Gasteiger partial charge in [-0.05, 0) is 69.3 Å². The molecule has 3 aromatic heterocycles. The van der Waals surface area contributed by atoms with Crippen LogP contribution in [0.25, 0.3) is 6.08 Å². The Bertz CT molecular complexity index is 1880. The lowest BCUT2D eigenvalue weighted by Crippen LogP contribution is -2.40. The maximum Gasteiger partial charge on any atom is 0.338 e. The third kappa shape index (κ3) is 5.58. The third-order valence-corrected chi connectivity index (χ3v) is 7.70. The number of allylic oxidation sites excluding steroid dienone is 1. The van der Waals surface area contributed by atoms with Crippen LogP contribution < -0.4 is 25.2 Å². The molecule has 0 bridgehead atoms. The standard InChI is InChI=1S/C28H26N4O6S2/c1-14(2)37-26(35)23-16(4)30-28-32(24(23)17-7-6-8-18(12-17)36-5)25(34)20(39-28)13-19-9-10-22(38-19)40-27-29-15(3)11-21(33)31-27/h6-14,24H,1-5H3,(H,29,31,33)/b20-13-/t24-/m1/s1. The Morgan fingerprint density at radius 2 is 2.00 bits per heavy atom. The molecule has 10 nitrogen and oxygen atoms in total. The first-order valence-electron chi connectivity index (χ1n) is 12.4. The maximum absolute atomic E-state index is 13.8. The van der Waals surface area contributed by atoms with E-state index in [9.17, 15) is 14.4 Å². The van der Waals surface area contributed by atoms with E-state index in [1.54, 1.807) is 65.1 Å². The molecule has 0 saturated carbocycles. The van der Waals surface area contributed by atoms with Crippen molar-refractivity contribution < 1.29 is 18.7 Å². The second-order valence-electron chi connectivity index (χ2n) is 9.26. The van der Waals surface area contributed by atoms with Gasteiger partial charge in [-0.1, -0.05) is 23.5 Å². The molecule has 12 heteroatoms. The highest BCUT2D eigenvalue weighted by Gasteiger charge is 2.34. The van der Waals surface area contributed by atoms with Gasteiger partial charge in [-0.3, -0.25) is 14.2 Å². The lowest BCUT2D eigenvalue weighted by Gasteiger charge is -2.25. The monoisotopic (exact) mass is 578 g/mol. The fraction of sp³-hybridized carbons (Fsp3) is 0.250. The predicted octanol–water partition coefficient (Wildman–Crippen LogP) is 3.33. The van der Waals surface area contributed by atoms with Crippen molar-refractivity contribution in [1.82, 2.24) is 14.5 Å². The van der Waals surface area contributed by atoms with Crippen molar-refractivity contribution in [3.05, 3.63) is 101 Å². The molecular formula is C28H26N4O6S2. The second-order valence-corrected chi connectivity index (χ2v) is 11.3. The third-order valence-electron chi connectivity index (χ3n) is 5.91. The van der Waals surface area contributed by atoms with Gasteiger partial charge in [-0.2, -0.15) is 0 Å². The Labute approximate surface area is 236 Å². The molecule has 1 aliphatic heterocycles. The minimum Gasteiger partial charge on any atom is -0.497 e. The fourth-order valence-corrected chi connectivity index (χ4v) is 6.11. The normalized spacial score (nSPS) is 15.2. The number of furan rings is 1. The summed E-state index contributed by atoms with van der Waals surface area (Å²) in [4.78, 5) is 50.8. The lowest BCUT2D eigenvalue weighted by molar-refractivity contribution is -0.143. The number of hydrogen-bond donors (Lipinski definition) is 1. The van der Waals surface area contributed by atoms with E-state index in [2.05, 4.69) is 15.0 Å². The van der Waals surface area contributed by atoms with Crippen LogP contribution in [0.15, 0.2) is 83.0 Å². The zero-order chi connectivity index (χ0) is 28.6. The fourth-order valence-electron chi connectivity index (χ4n) is 4.28. The molecule has 40 heavy (non-hydrogen) atoms. The first-order chi connectivity index (χ1) is 19.1. The molecule has 4 aromatic rings. The minimum atomic E-state index is -0.758. The number of ether oxygens (including phenoxy) is 2. The van der Waals surface area contributed by atoms with Crippen LogP contribution in [0.1, 0.15) is 43.8 Å². The average Bonchev–Trinajstić information content (AvgIpc) is 3.45. The van der Waals surface area contributed by atoms with E-state index >= 15 is 0 Å². The van der Waals surface area contributed by atoms with Crippen LogP contribution in [-0.4, -0.2) is 33.7 Å². The van der Waals surface area contributed by atoms with Gasteiger partial charge in [0.2, 0.25) is 0 Å². The first kappa shape index (κ1) is 27.4. The molecule has 0 radical (unpaired) electrons. The second kappa shape index (κ2) is 11.1. The number of esters is 1. The van der Waals surface area contributed by atoms with Crippen molar-refractivity contribution in [2.75, 3.05) is 7.11 Å². The molecule has 206 valence electrons. The van der Waals surface area contributed by atoms with Gasteiger partial charge in [0.25, 0.3) is 11.1 Å². The number of fused-ring (bicyclic) bond motifs is 1. The van der Waals surface area contributed by atoms with Gasteiger partial charge < -0.3 is 18.9 Å². The maximum atomic E-state index is 13.8. The Hall–Kier alpha value is -4.16. The molecule has 0 spiro atoms. The Balaban J connectivity index is 1.58. The van der Waals surface area contributed by atoms with Crippen molar-refractivity contribution in [3.63, 3.8) is 0 Å². The zero-order valence-corrected chi connectivity index (χ0v) is 24.0. The quantitative estimate of drug-likeness (QED) is 0.261. The molecule has 1 N–H and O–H groups in total. The van der Waals surface area contributed by atoms with Crippen LogP contribution >= 0.6 is 23.1 Å². The molecular weight excluding hydrogens is 552 g/mol. The van der Waals surface area contributed by atoms with Gasteiger partial charge in [-0.15, -0.1) is 0 Å². The zero-order valence-electron chi connectivity index (χ0n) is 22.4. The summed E-state index contributed by atoms with van der Waals surface area (Å²) in [5.74, 6) is 0.501. The number of H-pyrrole nitrogens is 1. The number of aromatic nitrogens is 3. The number of nitrogens with zero attached hydrogens (tertiary/aromatic N) is 3. The van der Waals surface area contributed by atoms with Crippen molar-refractivity contribution in [2.24, 2.45) is 4.99 Å². The van der Waals surface area contributed by atoms with Gasteiger partial charge in [0.05, 0.1) is 35.1 Å². The summed E-state index contributed by atoms with van der Waals surface area (Å²) >= 11 is 2.36. The molecule has 1 aromatic carbocycles.